The lowest BCUT2D eigenvalue weighted by Gasteiger charge is -2.09. The highest BCUT2D eigenvalue weighted by Crippen LogP contribution is 2.17. The number of rotatable bonds is 7. The molecule has 1 aromatic heterocycles. The highest BCUT2D eigenvalue weighted by Gasteiger charge is 2.14. The fraction of sp³-hybridized carbons (Fsp3) is 0.357. The van der Waals surface area contributed by atoms with E-state index in [1.807, 2.05) is 0 Å². The lowest BCUT2D eigenvalue weighted by molar-refractivity contribution is 0.199. The molecule has 0 radical (unpaired) electrons. The standard InChI is InChI=1S/C14H19N3O3S/c1-11(18)12-4-2-5-13(10-12)21(19,20)17-7-3-6-14-15-8-9-16-14/h2,4-5,8-11,17-18H,3,6-7H2,1H3,(H,15,16). The molecule has 0 aliphatic heterocycles. The van der Waals surface area contributed by atoms with E-state index in [0.29, 0.717) is 24.9 Å². The zero-order chi connectivity index (χ0) is 15.3. The molecule has 114 valence electrons. The molecule has 0 aliphatic rings. The summed E-state index contributed by atoms with van der Waals surface area (Å²) in [4.78, 5) is 7.21. The molecule has 6 nitrogen and oxygen atoms in total. The number of aliphatic hydroxyl groups excluding tert-OH is 1. The van der Waals surface area contributed by atoms with Gasteiger partial charge in [0.15, 0.2) is 0 Å². The van der Waals surface area contributed by atoms with Crippen molar-refractivity contribution in [1.82, 2.24) is 14.7 Å². The minimum atomic E-state index is -3.55. The fourth-order valence-corrected chi connectivity index (χ4v) is 3.05. The third-order valence-corrected chi connectivity index (χ3v) is 4.55. The van der Waals surface area contributed by atoms with Gasteiger partial charge in [-0.3, -0.25) is 0 Å². The first-order valence-corrected chi connectivity index (χ1v) is 8.23. The summed E-state index contributed by atoms with van der Waals surface area (Å²) in [5.41, 5.74) is 0.577. The highest BCUT2D eigenvalue weighted by atomic mass is 32.2. The van der Waals surface area contributed by atoms with Crippen LogP contribution in [0.4, 0.5) is 0 Å². The lowest BCUT2D eigenvalue weighted by atomic mass is 10.1. The van der Waals surface area contributed by atoms with Gasteiger partial charge >= 0.3 is 0 Å². The molecule has 3 N–H and O–H groups in total. The smallest absolute Gasteiger partial charge is 0.240 e. The molecule has 1 atom stereocenters. The van der Waals surface area contributed by atoms with Gasteiger partial charge in [0.2, 0.25) is 10.0 Å². The van der Waals surface area contributed by atoms with Crippen molar-refractivity contribution in [1.29, 1.82) is 0 Å². The first-order chi connectivity index (χ1) is 9.99. The number of H-pyrrole nitrogens is 1. The minimum Gasteiger partial charge on any atom is -0.389 e. The third kappa shape index (κ3) is 4.38. The largest absolute Gasteiger partial charge is 0.389 e. The molecule has 0 saturated carbocycles. The van der Waals surface area contributed by atoms with Crippen molar-refractivity contribution in [3.63, 3.8) is 0 Å². The number of aromatic amines is 1. The van der Waals surface area contributed by atoms with Crippen LogP contribution in [0.5, 0.6) is 0 Å². The van der Waals surface area contributed by atoms with Crippen molar-refractivity contribution < 1.29 is 13.5 Å². The molecular weight excluding hydrogens is 290 g/mol. The average molecular weight is 309 g/mol. The predicted octanol–water partition coefficient (Wildman–Crippen LogP) is 1.37. The molecule has 7 heteroatoms. The second-order valence-electron chi connectivity index (χ2n) is 4.79. The van der Waals surface area contributed by atoms with Crippen LogP contribution in [-0.2, 0) is 16.4 Å². The summed E-state index contributed by atoms with van der Waals surface area (Å²) in [7, 11) is -3.55. The van der Waals surface area contributed by atoms with Gasteiger partial charge in [-0.25, -0.2) is 18.1 Å². The number of nitrogens with one attached hydrogen (secondary N) is 2. The highest BCUT2D eigenvalue weighted by molar-refractivity contribution is 7.89. The SMILES string of the molecule is CC(O)c1cccc(S(=O)(=O)NCCCc2ncc[nH]2)c1. The van der Waals surface area contributed by atoms with E-state index in [9.17, 15) is 13.5 Å². The van der Waals surface area contributed by atoms with Crippen LogP contribution in [0.25, 0.3) is 0 Å². The Morgan fingerprint density at radius 2 is 2.24 bits per heavy atom. The first-order valence-electron chi connectivity index (χ1n) is 6.75. The number of hydrogen-bond donors (Lipinski definition) is 3. The number of sulfonamides is 1. The quantitative estimate of drug-likeness (QED) is 0.673. The van der Waals surface area contributed by atoms with Crippen molar-refractivity contribution in [2.24, 2.45) is 0 Å². The van der Waals surface area contributed by atoms with Gasteiger partial charge in [0, 0.05) is 25.4 Å². The van der Waals surface area contributed by atoms with Crippen molar-refractivity contribution in [2.75, 3.05) is 6.54 Å². The van der Waals surface area contributed by atoms with Gasteiger partial charge in [0.25, 0.3) is 0 Å². The van der Waals surface area contributed by atoms with E-state index < -0.39 is 16.1 Å². The number of hydrogen-bond acceptors (Lipinski definition) is 4. The molecule has 0 amide bonds. The predicted molar refractivity (Wildman–Crippen MR) is 79.2 cm³/mol. The van der Waals surface area contributed by atoms with Gasteiger partial charge in [-0.2, -0.15) is 0 Å². The fourth-order valence-electron chi connectivity index (χ4n) is 1.92. The van der Waals surface area contributed by atoms with Crippen LogP contribution in [0.15, 0.2) is 41.6 Å². The van der Waals surface area contributed by atoms with Crippen molar-refractivity contribution in [3.05, 3.63) is 48.0 Å². The molecule has 2 rings (SSSR count). The number of benzene rings is 1. The van der Waals surface area contributed by atoms with Gasteiger partial charge in [0.1, 0.15) is 5.82 Å². The van der Waals surface area contributed by atoms with Gasteiger partial charge in [-0.1, -0.05) is 12.1 Å². The second kappa shape index (κ2) is 6.84. The number of nitrogens with zero attached hydrogens (tertiary/aromatic N) is 1. The van der Waals surface area contributed by atoms with Crippen LogP contribution in [0, 0.1) is 0 Å². The Morgan fingerprint density at radius 1 is 1.43 bits per heavy atom. The minimum absolute atomic E-state index is 0.166. The van der Waals surface area contributed by atoms with E-state index in [1.54, 1.807) is 31.5 Å². The van der Waals surface area contributed by atoms with Crippen molar-refractivity contribution in [2.45, 2.75) is 30.8 Å². The maximum atomic E-state index is 12.2. The van der Waals surface area contributed by atoms with Crippen LogP contribution in [-0.4, -0.2) is 30.0 Å². The Morgan fingerprint density at radius 3 is 2.90 bits per heavy atom. The van der Waals surface area contributed by atoms with E-state index in [0.717, 1.165) is 5.82 Å². The summed E-state index contributed by atoms with van der Waals surface area (Å²) < 4.78 is 26.9. The Kier molecular flexibility index (Phi) is 5.11. The molecule has 0 aliphatic carbocycles. The van der Waals surface area contributed by atoms with Crippen molar-refractivity contribution >= 4 is 10.0 Å². The summed E-state index contributed by atoms with van der Waals surface area (Å²) in [5.74, 6) is 0.838. The second-order valence-corrected chi connectivity index (χ2v) is 6.55. The molecule has 0 bridgehead atoms. The van der Waals surface area contributed by atoms with Crippen LogP contribution in [0.2, 0.25) is 0 Å². The average Bonchev–Trinajstić information content (AvgIpc) is 2.97. The van der Waals surface area contributed by atoms with E-state index >= 15 is 0 Å². The summed E-state index contributed by atoms with van der Waals surface area (Å²) in [6.07, 6.45) is 4.05. The van der Waals surface area contributed by atoms with Gasteiger partial charge in [0.05, 0.1) is 11.0 Å². The van der Waals surface area contributed by atoms with E-state index in [4.69, 9.17) is 0 Å². The zero-order valence-electron chi connectivity index (χ0n) is 11.8. The normalized spacial score (nSPS) is 13.2. The van der Waals surface area contributed by atoms with E-state index in [1.165, 1.54) is 12.1 Å². The summed E-state index contributed by atoms with van der Waals surface area (Å²) in [5, 5.41) is 9.51. The van der Waals surface area contributed by atoms with E-state index in [-0.39, 0.29) is 4.90 Å². The van der Waals surface area contributed by atoms with Gasteiger partial charge in [-0.15, -0.1) is 0 Å². The lowest BCUT2D eigenvalue weighted by Crippen LogP contribution is -2.25. The summed E-state index contributed by atoms with van der Waals surface area (Å²) in [6.45, 7) is 1.93. The first kappa shape index (κ1) is 15.7. The molecule has 1 unspecified atom stereocenters. The molecule has 1 aromatic carbocycles. The monoisotopic (exact) mass is 309 g/mol. The molecular formula is C14H19N3O3S. The molecule has 0 saturated heterocycles. The summed E-state index contributed by atoms with van der Waals surface area (Å²) >= 11 is 0. The van der Waals surface area contributed by atoms with E-state index in [2.05, 4.69) is 14.7 Å². The Labute approximate surface area is 124 Å². The molecule has 1 heterocycles. The Bertz CT molecular complexity index is 667. The Balaban J connectivity index is 1.93. The third-order valence-electron chi connectivity index (χ3n) is 3.09. The topological polar surface area (TPSA) is 95.1 Å². The van der Waals surface area contributed by atoms with Crippen LogP contribution >= 0.6 is 0 Å². The molecule has 0 spiro atoms. The van der Waals surface area contributed by atoms with Crippen LogP contribution in [0.1, 0.15) is 30.8 Å². The number of aryl methyl sites for hydroxylation is 1. The number of aliphatic hydroxyl groups is 1. The Hall–Kier alpha value is -1.70. The molecule has 21 heavy (non-hydrogen) atoms. The molecule has 0 fully saturated rings. The number of imidazole rings is 1. The van der Waals surface area contributed by atoms with Gasteiger partial charge in [-0.05, 0) is 31.0 Å². The molecule has 2 aromatic rings. The maximum Gasteiger partial charge on any atom is 0.240 e. The summed E-state index contributed by atoms with van der Waals surface area (Å²) in [6, 6.07) is 6.32. The van der Waals surface area contributed by atoms with Crippen molar-refractivity contribution in [3.8, 4) is 0 Å². The van der Waals surface area contributed by atoms with Crippen LogP contribution < -0.4 is 4.72 Å². The van der Waals surface area contributed by atoms with Crippen LogP contribution in [0.3, 0.4) is 0 Å². The maximum absolute atomic E-state index is 12.2. The van der Waals surface area contributed by atoms with Gasteiger partial charge < -0.3 is 10.1 Å². The number of aromatic nitrogens is 2. The zero-order valence-corrected chi connectivity index (χ0v) is 12.6.